The van der Waals surface area contributed by atoms with Gasteiger partial charge < -0.3 is 10.6 Å². The molecular formula is C14H30N4O. The Morgan fingerprint density at radius 2 is 1.89 bits per heavy atom. The van der Waals surface area contributed by atoms with Crippen molar-refractivity contribution in [1.82, 2.24) is 14.7 Å². The molecule has 5 heteroatoms. The summed E-state index contributed by atoms with van der Waals surface area (Å²) in [7, 11) is 4.05. The van der Waals surface area contributed by atoms with Crippen molar-refractivity contribution < 1.29 is 4.79 Å². The van der Waals surface area contributed by atoms with Crippen LogP contribution in [0, 0.1) is 0 Å². The van der Waals surface area contributed by atoms with Crippen LogP contribution in [-0.2, 0) is 4.79 Å². The second-order valence-corrected chi connectivity index (χ2v) is 5.83. The van der Waals surface area contributed by atoms with Crippen LogP contribution in [0.2, 0.25) is 0 Å². The van der Waals surface area contributed by atoms with Crippen molar-refractivity contribution >= 4 is 5.91 Å². The summed E-state index contributed by atoms with van der Waals surface area (Å²) in [6.07, 6.45) is 1.50. The number of likely N-dealkylation sites (N-methyl/N-ethyl adjacent to an activating group) is 1. The van der Waals surface area contributed by atoms with E-state index in [1.807, 2.05) is 7.05 Å². The number of carbonyl (C=O) groups is 1. The molecule has 1 fully saturated rings. The SMILES string of the molecule is CC1CN(CCC(=O)N(C)CCCN)CC(C)N1C. The average Bonchev–Trinajstić information content (AvgIpc) is 2.39. The van der Waals surface area contributed by atoms with Gasteiger partial charge in [0.2, 0.25) is 5.91 Å². The van der Waals surface area contributed by atoms with Gasteiger partial charge in [-0.1, -0.05) is 0 Å². The van der Waals surface area contributed by atoms with Gasteiger partial charge in [-0.3, -0.25) is 14.6 Å². The first-order valence-electron chi connectivity index (χ1n) is 7.34. The molecule has 0 aromatic heterocycles. The van der Waals surface area contributed by atoms with E-state index in [4.69, 9.17) is 5.73 Å². The zero-order valence-corrected chi connectivity index (χ0v) is 12.9. The summed E-state index contributed by atoms with van der Waals surface area (Å²) in [5.41, 5.74) is 5.46. The van der Waals surface area contributed by atoms with Crippen LogP contribution < -0.4 is 5.73 Å². The van der Waals surface area contributed by atoms with Crippen LogP contribution >= 0.6 is 0 Å². The molecule has 2 unspecified atom stereocenters. The van der Waals surface area contributed by atoms with Gasteiger partial charge in [0.05, 0.1) is 0 Å². The molecule has 1 saturated heterocycles. The Kier molecular flexibility index (Phi) is 6.75. The molecule has 2 N–H and O–H groups in total. The van der Waals surface area contributed by atoms with Gasteiger partial charge in [0, 0.05) is 51.7 Å². The fraction of sp³-hybridized carbons (Fsp3) is 0.929. The monoisotopic (exact) mass is 270 g/mol. The van der Waals surface area contributed by atoms with Crippen LogP contribution in [0.1, 0.15) is 26.7 Å². The molecule has 1 aliphatic rings. The number of carbonyl (C=O) groups excluding carboxylic acids is 1. The lowest BCUT2D eigenvalue weighted by molar-refractivity contribution is -0.130. The largest absolute Gasteiger partial charge is 0.346 e. The Hall–Kier alpha value is -0.650. The van der Waals surface area contributed by atoms with Crippen LogP contribution in [-0.4, -0.2) is 79.5 Å². The number of piperazine rings is 1. The van der Waals surface area contributed by atoms with Gasteiger partial charge in [-0.25, -0.2) is 0 Å². The summed E-state index contributed by atoms with van der Waals surface area (Å²) < 4.78 is 0. The highest BCUT2D eigenvalue weighted by Crippen LogP contribution is 2.13. The molecule has 1 heterocycles. The molecule has 2 atom stereocenters. The molecule has 0 aromatic carbocycles. The lowest BCUT2D eigenvalue weighted by Gasteiger charge is -2.42. The number of rotatable bonds is 6. The van der Waals surface area contributed by atoms with Crippen molar-refractivity contribution in [2.45, 2.75) is 38.8 Å². The smallest absolute Gasteiger partial charge is 0.223 e. The molecule has 5 nitrogen and oxygen atoms in total. The predicted octanol–water partition coefficient (Wildman–Crippen LogP) is 0.208. The highest BCUT2D eigenvalue weighted by Gasteiger charge is 2.26. The molecule has 0 aromatic rings. The zero-order chi connectivity index (χ0) is 14.4. The van der Waals surface area contributed by atoms with E-state index in [9.17, 15) is 4.79 Å². The average molecular weight is 270 g/mol. The van der Waals surface area contributed by atoms with Crippen molar-refractivity contribution in [2.75, 3.05) is 46.8 Å². The number of hydrogen-bond acceptors (Lipinski definition) is 4. The van der Waals surface area contributed by atoms with E-state index < -0.39 is 0 Å². The summed E-state index contributed by atoms with van der Waals surface area (Å²) in [5, 5.41) is 0. The van der Waals surface area contributed by atoms with Gasteiger partial charge in [0.15, 0.2) is 0 Å². The number of nitrogens with zero attached hydrogens (tertiary/aromatic N) is 3. The van der Waals surface area contributed by atoms with Gasteiger partial charge in [0.25, 0.3) is 0 Å². The van der Waals surface area contributed by atoms with Gasteiger partial charge in [-0.05, 0) is 33.9 Å². The first-order valence-corrected chi connectivity index (χ1v) is 7.34. The number of hydrogen-bond donors (Lipinski definition) is 1. The second-order valence-electron chi connectivity index (χ2n) is 5.83. The van der Waals surface area contributed by atoms with Crippen molar-refractivity contribution in [1.29, 1.82) is 0 Å². The van der Waals surface area contributed by atoms with Crippen LogP contribution in [0.15, 0.2) is 0 Å². The quantitative estimate of drug-likeness (QED) is 0.749. The minimum atomic E-state index is 0.229. The van der Waals surface area contributed by atoms with Gasteiger partial charge >= 0.3 is 0 Å². The molecule has 112 valence electrons. The van der Waals surface area contributed by atoms with E-state index in [1.54, 1.807) is 4.90 Å². The van der Waals surface area contributed by atoms with E-state index in [0.717, 1.165) is 32.6 Å². The summed E-state index contributed by atoms with van der Waals surface area (Å²) >= 11 is 0. The number of nitrogens with two attached hydrogens (primary N) is 1. The van der Waals surface area contributed by atoms with Crippen LogP contribution in [0.25, 0.3) is 0 Å². The lowest BCUT2D eigenvalue weighted by atomic mass is 10.1. The van der Waals surface area contributed by atoms with Crippen molar-refractivity contribution in [2.24, 2.45) is 5.73 Å². The Bertz CT molecular complexity index is 273. The Morgan fingerprint density at radius 3 is 2.42 bits per heavy atom. The predicted molar refractivity (Wildman–Crippen MR) is 79.1 cm³/mol. The van der Waals surface area contributed by atoms with Crippen LogP contribution in [0.3, 0.4) is 0 Å². The molecule has 0 saturated carbocycles. The van der Waals surface area contributed by atoms with E-state index >= 15 is 0 Å². The molecule has 0 bridgehead atoms. The van der Waals surface area contributed by atoms with Crippen molar-refractivity contribution in [3.63, 3.8) is 0 Å². The van der Waals surface area contributed by atoms with Crippen molar-refractivity contribution in [3.05, 3.63) is 0 Å². The highest BCUT2D eigenvalue weighted by atomic mass is 16.2. The standard InChI is InChI=1S/C14H30N4O/c1-12-10-18(11-13(2)17(12)4)9-6-14(19)16(3)8-5-7-15/h12-13H,5-11,15H2,1-4H3. The molecule has 0 radical (unpaired) electrons. The van der Waals surface area contributed by atoms with E-state index in [0.29, 0.717) is 25.0 Å². The summed E-state index contributed by atoms with van der Waals surface area (Å²) in [5.74, 6) is 0.229. The molecule has 0 aliphatic carbocycles. The minimum Gasteiger partial charge on any atom is -0.346 e. The third kappa shape index (κ3) is 5.09. The summed E-state index contributed by atoms with van der Waals surface area (Å²) in [4.78, 5) is 18.6. The third-order valence-corrected chi connectivity index (χ3v) is 4.20. The Morgan fingerprint density at radius 1 is 1.32 bits per heavy atom. The van der Waals surface area contributed by atoms with Crippen molar-refractivity contribution in [3.8, 4) is 0 Å². The minimum absolute atomic E-state index is 0.229. The number of amides is 1. The van der Waals surface area contributed by atoms with Gasteiger partial charge in [0.1, 0.15) is 0 Å². The van der Waals surface area contributed by atoms with E-state index in [-0.39, 0.29) is 5.91 Å². The maximum absolute atomic E-state index is 12.0. The Balaban J connectivity index is 2.30. The first kappa shape index (κ1) is 16.4. The summed E-state index contributed by atoms with van der Waals surface area (Å²) in [6, 6.07) is 1.13. The summed E-state index contributed by atoms with van der Waals surface area (Å²) in [6.45, 7) is 8.89. The topological polar surface area (TPSA) is 52.8 Å². The molecular weight excluding hydrogens is 240 g/mol. The van der Waals surface area contributed by atoms with E-state index in [2.05, 4.69) is 30.7 Å². The molecule has 1 rings (SSSR count). The maximum atomic E-state index is 12.0. The third-order valence-electron chi connectivity index (χ3n) is 4.20. The zero-order valence-electron chi connectivity index (χ0n) is 12.9. The fourth-order valence-corrected chi connectivity index (χ4v) is 2.59. The Labute approximate surface area is 117 Å². The fourth-order valence-electron chi connectivity index (χ4n) is 2.59. The second kappa shape index (κ2) is 7.82. The first-order chi connectivity index (χ1) is 8.95. The molecule has 1 amide bonds. The van der Waals surface area contributed by atoms with Gasteiger partial charge in [-0.15, -0.1) is 0 Å². The van der Waals surface area contributed by atoms with Crippen LogP contribution in [0.5, 0.6) is 0 Å². The lowest BCUT2D eigenvalue weighted by Crippen LogP contribution is -2.55. The van der Waals surface area contributed by atoms with Gasteiger partial charge in [-0.2, -0.15) is 0 Å². The molecule has 19 heavy (non-hydrogen) atoms. The highest BCUT2D eigenvalue weighted by molar-refractivity contribution is 5.76. The molecule has 1 aliphatic heterocycles. The molecule has 0 spiro atoms. The normalized spacial score (nSPS) is 25.5. The van der Waals surface area contributed by atoms with E-state index in [1.165, 1.54) is 0 Å². The van der Waals surface area contributed by atoms with Crippen LogP contribution in [0.4, 0.5) is 0 Å². The maximum Gasteiger partial charge on any atom is 0.223 e.